The molecule has 160 valence electrons. The van der Waals surface area contributed by atoms with Crippen LogP contribution >= 0.6 is 0 Å². The highest BCUT2D eigenvalue weighted by Crippen LogP contribution is 2.36. The van der Waals surface area contributed by atoms with E-state index in [1.54, 1.807) is 12.2 Å². The minimum atomic E-state index is -0.812. The summed E-state index contributed by atoms with van der Waals surface area (Å²) < 4.78 is 5.59. The average Bonchev–Trinajstić information content (AvgIpc) is 2.93. The van der Waals surface area contributed by atoms with Crippen molar-refractivity contribution in [3.63, 3.8) is 0 Å². The summed E-state index contributed by atoms with van der Waals surface area (Å²) in [5.41, 5.74) is 1.08. The van der Waals surface area contributed by atoms with Crippen LogP contribution in [0, 0.1) is 18.8 Å². The van der Waals surface area contributed by atoms with Crippen LogP contribution in [0.25, 0.3) is 0 Å². The van der Waals surface area contributed by atoms with Crippen molar-refractivity contribution < 1.29 is 30.0 Å². The van der Waals surface area contributed by atoms with Gasteiger partial charge in [0.25, 0.3) is 0 Å². The number of unbranched alkanes of at least 4 members (excludes halogenated alkanes) is 1. The lowest BCUT2D eigenvalue weighted by Gasteiger charge is -2.19. The molecule has 1 aliphatic carbocycles. The van der Waals surface area contributed by atoms with Crippen LogP contribution in [0.2, 0.25) is 0 Å². The van der Waals surface area contributed by atoms with Gasteiger partial charge in [-0.3, -0.25) is 4.79 Å². The third-order valence-corrected chi connectivity index (χ3v) is 5.22. The molecule has 4 N–H and O–H groups in total. The lowest BCUT2D eigenvalue weighted by molar-refractivity contribution is -0.137. The predicted molar refractivity (Wildman–Crippen MR) is 111 cm³/mol. The first-order valence-corrected chi connectivity index (χ1v) is 10.2. The molecule has 1 aromatic rings. The van der Waals surface area contributed by atoms with Crippen molar-refractivity contribution in [3.8, 4) is 5.75 Å². The summed E-state index contributed by atoms with van der Waals surface area (Å²) in [6.45, 7) is 2.08. The SMILES string of the molecule is Cc1cccc(OCC(O)/C=C/C2C(O)CC(O)C2C/C=C\CCCC(=O)O)c1. The topological polar surface area (TPSA) is 107 Å². The number of carboxylic acids is 1. The van der Waals surface area contributed by atoms with Crippen LogP contribution in [0.3, 0.4) is 0 Å². The van der Waals surface area contributed by atoms with E-state index in [4.69, 9.17) is 9.84 Å². The summed E-state index contributed by atoms with van der Waals surface area (Å²) in [6, 6.07) is 7.59. The highest BCUT2D eigenvalue weighted by Gasteiger charge is 2.39. The fourth-order valence-corrected chi connectivity index (χ4v) is 3.65. The van der Waals surface area contributed by atoms with Gasteiger partial charge in [-0.2, -0.15) is 0 Å². The molecule has 0 radical (unpaired) electrons. The van der Waals surface area contributed by atoms with E-state index in [-0.39, 0.29) is 24.9 Å². The zero-order valence-corrected chi connectivity index (χ0v) is 16.9. The molecule has 0 bridgehead atoms. The Morgan fingerprint density at radius 2 is 2.07 bits per heavy atom. The zero-order valence-electron chi connectivity index (χ0n) is 16.9. The van der Waals surface area contributed by atoms with E-state index >= 15 is 0 Å². The summed E-state index contributed by atoms with van der Waals surface area (Å²) in [5.74, 6) is -0.494. The van der Waals surface area contributed by atoms with Crippen molar-refractivity contribution in [2.24, 2.45) is 11.8 Å². The third kappa shape index (κ3) is 8.01. The Bertz CT molecular complexity index is 698. The Kier molecular flexibility index (Phi) is 9.38. The number of aliphatic hydroxyl groups excluding tert-OH is 3. The molecule has 0 amide bonds. The number of rotatable bonds is 11. The summed E-state index contributed by atoms with van der Waals surface area (Å²) in [4.78, 5) is 10.5. The van der Waals surface area contributed by atoms with E-state index in [1.807, 2.05) is 43.3 Å². The Balaban J connectivity index is 1.83. The van der Waals surface area contributed by atoms with Crippen LogP contribution in [0.15, 0.2) is 48.6 Å². The lowest BCUT2D eigenvalue weighted by atomic mass is 9.89. The first-order chi connectivity index (χ1) is 13.9. The van der Waals surface area contributed by atoms with Crippen molar-refractivity contribution >= 4 is 5.97 Å². The fraction of sp³-hybridized carbons (Fsp3) is 0.522. The van der Waals surface area contributed by atoms with Crippen molar-refractivity contribution in [1.29, 1.82) is 0 Å². The monoisotopic (exact) mass is 404 g/mol. The molecule has 6 nitrogen and oxygen atoms in total. The summed E-state index contributed by atoms with van der Waals surface area (Å²) in [5, 5.41) is 39.3. The molecule has 2 rings (SSSR count). The van der Waals surface area contributed by atoms with Gasteiger partial charge in [0.15, 0.2) is 0 Å². The maximum Gasteiger partial charge on any atom is 0.303 e. The third-order valence-electron chi connectivity index (χ3n) is 5.22. The maximum absolute atomic E-state index is 10.5. The van der Waals surface area contributed by atoms with Crippen LogP contribution in [-0.4, -0.2) is 51.3 Å². The molecule has 5 atom stereocenters. The standard InChI is InChI=1S/C23H32O6/c1-16-7-6-8-18(13-16)29-15-17(24)11-12-20-19(21(25)14-22(20)26)9-4-2-3-5-10-23(27)28/h2,4,6-8,11-13,17,19-22,24-26H,3,5,9-10,14-15H2,1H3,(H,27,28)/b4-2-,12-11+. The summed E-state index contributed by atoms with van der Waals surface area (Å²) in [7, 11) is 0. The van der Waals surface area contributed by atoms with E-state index in [1.165, 1.54) is 0 Å². The molecule has 0 spiro atoms. The van der Waals surface area contributed by atoms with Gasteiger partial charge in [-0.25, -0.2) is 0 Å². The average molecular weight is 405 g/mol. The summed E-state index contributed by atoms with van der Waals surface area (Å²) >= 11 is 0. The van der Waals surface area contributed by atoms with E-state index in [0.29, 0.717) is 31.4 Å². The smallest absolute Gasteiger partial charge is 0.303 e. The van der Waals surface area contributed by atoms with Crippen molar-refractivity contribution in [3.05, 3.63) is 54.1 Å². The molecule has 6 heteroatoms. The molecule has 29 heavy (non-hydrogen) atoms. The number of hydrogen-bond acceptors (Lipinski definition) is 5. The van der Waals surface area contributed by atoms with Gasteiger partial charge < -0.3 is 25.2 Å². The number of aryl methyl sites for hydroxylation is 1. The zero-order chi connectivity index (χ0) is 21.2. The largest absolute Gasteiger partial charge is 0.491 e. The van der Waals surface area contributed by atoms with Gasteiger partial charge >= 0.3 is 5.97 Å². The van der Waals surface area contributed by atoms with Crippen LogP contribution in [0.5, 0.6) is 5.75 Å². The second-order valence-electron chi connectivity index (χ2n) is 7.68. The first-order valence-electron chi connectivity index (χ1n) is 10.2. The molecular formula is C23H32O6. The number of allylic oxidation sites excluding steroid dienone is 2. The highest BCUT2D eigenvalue weighted by molar-refractivity contribution is 5.66. The van der Waals surface area contributed by atoms with Crippen molar-refractivity contribution in [1.82, 2.24) is 0 Å². The van der Waals surface area contributed by atoms with E-state index in [2.05, 4.69) is 0 Å². The maximum atomic E-state index is 10.5. The van der Waals surface area contributed by atoms with Gasteiger partial charge in [-0.15, -0.1) is 0 Å². The number of carboxylic acid groups (broad SMARTS) is 1. The molecule has 0 aliphatic heterocycles. The Morgan fingerprint density at radius 3 is 2.79 bits per heavy atom. The highest BCUT2D eigenvalue weighted by atomic mass is 16.5. The van der Waals surface area contributed by atoms with Crippen LogP contribution in [-0.2, 0) is 4.79 Å². The minimum Gasteiger partial charge on any atom is -0.491 e. The number of ether oxygens (including phenoxy) is 1. The minimum absolute atomic E-state index is 0.111. The molecular weight excluding hydrogens is 372 g/mol. The van der Waals surface area contributed by atoms with Crippen LogP contribution < -0.4 is 4.74 Å². The molecule has 1 aliphatic rings. The van der Waals surface area contributed by atoms with Gasteiger partial charge in [-0.1, -0.05) is 36.4 Å². The Hall–Kier alpha value is -2.15. The molecule has 1 saturated carbocycles. The number of aliphatic carboxylic acids is 1. The molecule has 1 fully saturated rings. The molecule has 1 aromatic carbocycles. The molecule has 0 aromatic heterocycles. The Morgan fingerprint density at radius 1 is 1.28 bits per heavy atom. The van der Waals surface area contributed by atoms with Crippen LogP contribution in [0.1, 0.15) is 37.7 Å². The number of aliphatic hydroxyl groups is 3. The van der Waals surface area contributed by atoms with Gasteiger partial charge in [0.2, 0.25) is 0 Å². The normalized spacial score (nSPS) is 25.7. The number of carbonyl (C=O) groups is 1. The van der Waals surface area contributed by atoms with E-state index in [0.717, 1.165) is 5.56 Å². The van der Waals surface area contributed by atoms with Crippen LogP contribution in [0.4, 0.5) is 0 Å². The van der Waals surface area contributed by atoms with Crippen molar-refractivity contribution in [2.75, 3.05) is 6.61 Å². The summed E-state index contributed by atoms with van der Waals surface area (Å²) in [6.07, 6.45) is 7.47. The lowest BCUT2D eigenvalue weighted by Crippen LogP contribution is -2.21. The van der Waals surface area contributed by atoms with E-state index in [9.17, 15) is 20.1 Å². The fourth-order valence-electron chi connectivity index (χ4n) is 3.65. The van der Waals surface area contributed by atoms with Crippen molar-refractivity contribution in [2.45, 2.75) is 57.3 Å². The number of benzene rings is 1. The van der Waals surface area contributed by atoms with Gasteiger partial charge in [0.1, 0.15) is 18.5 Å². The Labute approximate surface area is 172 Å². The molecule has 0 heterocycles. The van der Waals surface area contributed by atoms with Gasteiger partial charge in [0, 0.05) is 18.8 Å². The van der Waals surface area contributed by atoms with E-state index < -0.39 is 24.3 Å². The van der Waals surface area contributed by atoms with Gasteiger partial charge in [0.05, 0.1) is 12.2 Å². The second-order valence-corrected chi connectivity index (χ2v) is 7.68. The second kappa shape index (κ2) is 11.8. The molecule has 0 saturated heterocycles. The molecule has 5 unspecified atom stereocenters. The first kappa shape index (κ1) is 23.1. The predicted octanol–water partition coefficient (Wildman–Crippen LogP) is 2.85. The number of hydrogen-bond donors (Lipinski definition) is 4. The van der Waals surface area contributed by atoms with Gasteiger partial charge in [-0.05, 0) is 49.8 Å². The quantitative estimate of drug-likeness (QED) is 0.334.